The van der Waals surface area contributed by atoms with Crippen molar-refractivity contribution in [3.63, 3.8) is 0 Å². The van der Waals surface area contributed by atoms with Crippen LogP contribution >= 0.6 is 11.3 Å². The maximum Gasteiger partial charge on any atom is 0.191 e. The number of thiophene rings is 1. The number of hydrogen-bond acceptors (Lipinski definition) is 4. The molecule has 0 spiro atoms. The number of ether oxygens (including phenoxy) is 1. The van der Waals surface area contributed by atoms with Crippen LogP contribution in [-0.4, -0.2) is 57.8 Å². The highest BCUT2D eigenvalue weighted by atomic mass is 32.1. The van der Waals surface area contributed by atoms with E-state index < -0.39 is 0 Å². The van der Waals surface area contributed by atoms with Gasteiger partial charge < -0.3 is 20.3 Å². The molecule has 2 unspecified atom stereocenters. The van der Waals surface area contributed by atoms with Gasteiger partial charge in [0, 0.05) is 31.6 Å². The maximum absolute atomic E-state index is 5.79. The molecule has 6 heteroatoms. The van der Waals surface area contributed by atoms with Crippen LogP contribution in [0.25, 0.3) is 0 Å². The van der Waals surface area contributed by atoms with Crippen LogP contribution in [0.2, 0.25) is 0 Å². The lowest BCUT2D eigenvalue weighted by molar-refractivity contribution is 0.0258. The zero-order valence-electron chi connectivity index (χ0n) is 16.0. The summed E-state index contributed by atoms with van der Waals surface area (Å²) in [6.07, 6.45) is 1.27. The Kier molecular flexibility index (Phi) is 9.98. The first-order chi connectivity index (χ1) is 11.5. The van der Waals surface area contributed by atoms with E-state index in [0.717, 1.165) is 32.1 Å². The minimum Gasteiger partial charge on any atom is -0.378 e. The zero-order valence-corrected chi connectivity index (χ0v) is 16.8. The van der Waals surface area contributed by atoms with Gasteiger partial charge in [0.15, 0.2) is 5.96 Å². The lowest BCUT2D eigenvalue weighted by Gasteiger charge is -2.25. The number of likely N-dealkylation sites (N-methyl/N-ethyl adjacent to an activating group) is 1. The van der Waals surface area contributed by atoms with Crippen LogP contribution in [0.5, 0.6) is 0 Å². The second-order valence-electron chi connectivity index (χ2n) is 6.40. The van der Waals surface area contributed by atoms with E-state index in [1.54, 1.807) is 11.3 Å². The van der Waals surface area contributed by atoms with Crippen LogP contribution < -0.4 is 10.6 Å². The molecular formula is C18H34N4OS. The second kappa shape index (κ2) is 11.4. The molecule has 0 saturated carbocycles. The average molecular weight is 355 g/mol. The van der Waals surface area contributed by atoms with Crippen molar-refractivity contribution in [3.05, 3.63) is 22.4 Å². The molecule has 0 bridgehead atoms. The predicted octanol–water partition coefficient (Wildman–Crippen LogP) is 2.97. The summed E-state index contributed by atoms with van der Waals surface area (Å²) >= 11 is 1.79. The average Bonchev–Trinajstić information content (AvgIpc) is 3.06. The van der Waals surface area contributed by atoms with Gasteiger partial charge in [-0.3, -0.25) is 4.99 Å². The smallest absolute Gasteiger partial charge is 0.191 e. The third-order valence-corrected chi connectivity index (χ3v) is 5.00. The van der Waals surface area contributed by atoms with Gasteiger partial charge in [0.05, 0.1) is 12.1 Å². The summed E-state index contributed by atoms with van der Waals surface area (Å²) in [5.41, 5.74) is 0. The monoisotopic (exact) mass is 354 g/mol. The molecule has 2 N–H and O–H groups in total. The van der Waals surface area contributed by atoms with Crippen molar-refractivity contribution in [1.82, 2.24) is 15.5 Å². The molecule has 5 nitrogen and oxygen atoms in total. The van der Waals surface area contributed by atoms with Crippen LogP contribution in [0.3, 0.4) is 0 Å². The number of hydrogen-bond donors (Lipinski definition) is 2. The van der Waals surface area contributed by atoms with Gasteiger partial charge in [-0.25, -0.2) is 0 Å². The first kappa shape index (κ1) is 20.9. The summed E-state index contributed by atoms with van der Waals surface area (Å²) in [5, 5.41) is 8.96. The Labute approximate surface area is 151 Å². The largest absolute Gasteiger partial charge is 0.378 e. The van der Waals surface area contributed by atoms with E-state index in [1.165, 1.54) is 4.88 Å². The highest BCUT2D eigenvalue weighted by Gasteiger charge is 2.16. The molecule has 1 aromatic heterocycles. The summed E-state index contributed by atoms with van der Waals surface area (Å²) in [7, 11) is 6.03. The number of rotatable bonds is 10. The molecule has 1 heterocycles. The van der Waals surface area contributed by atoms with Crippen molar-refractivity contribution >= 4 is 17.3 Å². The van der Waals surface area contributed by atoms with Crippen LogP contribution in [0, 0.1) is 5.92 Å². The van der Waals surface area contributed by atoms with E-state index in [0.29, 0.717) is 18.1 Å². The minimum atomic E-state index is 0.293. The highest BCUT2D eigenvalue weighted by Crippen LogP contribution is 2.22. The molecule has 0 radical (unpaired) electrons. The molecule has 1 aromatic rings. The first-order valence-corrected chi connectivity index (χ1v) is 9.63. The normalized spacial score (nSPS) is 14.9. The Balaban J connectivity index is 2.44. The highest BCUT2D eigenvalue weighted by molar-refractivity contribution is 7.10. The van der Waals surface area contributed by atoms with E-state index >= 15 is 0 Å². The van der Waals surface area contributed by atoms with E-state index in [1.807, 2.05) is 7.05 Å². The molecule has 0 saturated heterocycles. The molecule has 0 amide bonds. The third kappa shape index (κ3) is 7.20. The Hall–Kier alpha value is -1.11. The number of guanidine groups is 1. The van der Waals surface area contributed by atoms with Gasteiger partial charge in [-0.05, 0) is 44.8 Å². The van der Waals surface area contributed by atoms with Gasteiger partial charge in [-0.15, -0.1) is 11.3 Å². The summed E-state index contributed by atoms with van der Waals surface area (Å²) in [6.45, 7) is 8.91. The molecule has 138 valence electrons. The second-order valence-corrected chi connectivity index (χ2v) is 7.38. The fourth-order valence-electron chi connectivity index (χ4n) is 2.59. The topological polar surface area (TPSA) is 48.9 Å². The first-order valence-electron chi connectivity index (χ1n) is 8.75. The number of nitrogens with zero attached hydrogens (tertiary/aromatic N) is 2. The number of aliphatic imine (C=N–C) groups is 1. The molecule has 0 aliphatic rings. The fourth-order valence-corrected chi connectivity index (χ4v) is 3.51. The van der Waals surface area contributed by atoms with Gasteiger partial charge in [0.25, 0.3) is 0 Å². The summed E-state index contributed by atoms with van der Waals surface area (Å²) in [5.74, 6) is 1.37. The summed E-state index contributed by atoms with van der Waals surface area (Å²) in [4.78, 5) is 7.92. The summed E-state index contributed by atoms with van der Waals surface area (Å²) < 4.78 is 5.79. The van der Waals surface area contributed by atoms with E-state index in [-0.39, 0.29) is 0 Å². The van der Waals surface area contributed by atoms with Gasteiger partial charge >= 0.3 is 0 Å². The maximum atomic E-state index is 5.79. The number of nitrogens with one attached hydrogen (secondary N) is 2. The van der Waals surface area contributed by atoms with E-state index in [2.05, 4.69) is 72.9 Å². The molecule has 24 heavy (non-hydrogen) atoms. The summed E-state index contributed by atoms with van der Waals surface area (Å²) in [6, 6.07) is 4.63. The van der Waals surface area contributed by atoms with Gasteiger partial charge in [-0.2, -0.15) is 0 Å². The van der Waals surface area contributed by atoms with Crippen molar-refractivity contribution in [2.45, 2.75) is 39.3 Å². The van der Waals surface area contributed by atoms with Gasteiger partial charge in [0.1, 0.15) is 0 Å². The Morgan fingerprint density at radius 2 is 2.08 bits per heavy atom. The Morgan fingerprint density at radius 3 is 2.58 bits per heavy atom. The van der Waals surface area contributed by atoms with Crippen LogP contribution in [0.15, 0.2) is 22.5 Å². The Morgan fingerprint density at radius 1 is 1.33 bits per heavy atom. The molecule has 2 atom stereocenters. The van der Waals surface area contributed by atoms with E-state index in [4.69, 9.17) is 4.74 Å². The van der Waals surface area contributed by atoms with Crippen LogP contribution in [0.4, 0.5) is 0 Å². The van der Waals surface area contributed by atoms with Gasteiger partial charge in [-0.1, -0.05) is 19.9 Å². The van der Waals surface area contributed by atoms with Crippen LogP contribution in [0.1, 0.15) is 38.1 Å². The van der Waals surface area contributed by atoms with Crippen LogP contribution in [-0.2, 0) is 4.74 Å². The molecular weight excluding hydrogens is 320 g/mol. The lowest BCUT2D eigenvalue weighted by atomic mass is 10.0. The van der Waals surface area contributed by atoms with Gasteiger partial charge in [0.2, 0.25) is 0 Å². The molecule has 0 aliphatic heterocycles. The Bertz CT molecular complexity index is 460. The third-order valence-electron chi connectivity index (χ3n) is 4.03. The fraction of sp³-hybridized carbons (Fsp3) is 0.722. The molecule has 0 aromatic carbocycles. The quantitative estimate of drug-likeness (QED) is 0.501. The van der Waals surface area contributed by atoms with Crippen molar-refractivity contribution in [2.75, 3.05) is 40.8 Å². The molecule has 1 rings (SSSR count). The van der Waals surface area contributed by atoms with E-state index in [9.17, 15) is 0 Å². The lowest BCUT2D eigenvalue weighted by Crippen LogP contribution is -2.42. The molecule has 0 aliphatic carbocycles. The van der Waals surface area contributed by atoms with Crippen molar-refractivity contribution in [3.8, 4) is 0 Å². The standard InChI is InChI=1S/C18H34N4OS/c1-7-23-16(14(2)3)10-11-20-18(19-4)21-13-15(22(5)6)17-9-8-12-24-17/h8-9,12,14-16H,7,10-11,13H2,1-6H3,(H2,19,20,21). The van der Waals surface area contributed by atoms with Crippen molar-refractivity contribution < 1.29 is 4.74 Å². The SMILES string of the molecule is CCOC(CCNC(=NC)NCC(c1cccs1)N(C)C)C(C)C. The minimum absolute atomic E-state index is 0.293. The van der Waals surface area contributed by atoms with Crippen molar-refractivity contribution in [2.24, 2.45) is 10.9 Å². The molecule has 0 fully saturated rings. The zero-order chi connectivity index (χ0) is 17.9. The van der Waals surface area contributed by atoms with Crippen molar-refractivity contribution in [1.29, 1.82) is 0 Å². The predicted molar refractivity (Wildman–Crippen MR) is 105 cm³/mol.